The largest absolute Gasteiger partial charge is 0.478 e. The molecule has 0 heterocycles. The molecule has 12 heteroatoms. The van der Waals surface area contributed by atoms with Crippen LogP contribution in [0.4, 0.5) is 26.3 Å². The van der Waals surface area contributed by atoms with E-state index >= 15 is 0 Å². The van der Waals surface area contributed by atoms with Crippen molar-refractivity contribution in [3.05, 3.63) is 67.6 Å². The van der Waals surface area contributed by atoms with Gasteiger partial charge in [-0.2, -0.15) is 26.3 Å². The van der Waals surface area contributed by atoms with Gasteiger partial charge in [-0.05, 0) is 36.4 Å². The molecule has 0 radical (unpaired) electrons. The van der Waals surface area contributed by atoms with Crippen LogP contribution in [0.15, 0.2) is 45.3 Å². The minimum atomic E-state index is -4.53. The van der Waals surface area contributed by atoms with Crippen molar-refractivity contribution in [3.63, 3.8) is 0 Å². The Kier molecular flexibility index (Phi) is 8.27. The van der Waals surface area contributed by atoms with Crippen molar-refractivity contribution in [1.82, 2.24) is 0 Å². The maximum atomic E-state index is 12.3. The molecule has 4 nitrogen and oxygen atoms in total. The van der Waals surface area contributed by atoms with E-state index in [0.717, 1.165) is 31.4 Å². The highest BCUT2D eigenvalue weighted by molar-refractivity contribution is 9.10. The number of rotatable bonds is 2. The Morgan fingerprint density at radius 2 is 1.17 bits per heavy atom. The van der Waals surface area contributed by atoms with Crippen LogP contribution in [0.3, 0.4) is 0 Å². The smallest absolute Gasteiger partial charge is 0.416 e. The zero-order valence-electron chi connectivity index (χ0n) is 14.2. The Bertz CT molecular complexity index is 910. The lowest BCUT2D eigenvalue weighted by Gasteiger charge is -2.08. The van der Waals surface area contributed by atoms with Crippen molar-refractivity contribution in [2.45, 2.75) is 12.4 Å². The number of halogens is 8. The molecule has 0 atom stereocenters. The van der Waals surface area contributed by atoms with E-state index in [1.54, 1.807) is 0 Å². The number of hydrogen-bond donors (Lipinski definition) is 1. The van der Waals surface area contributed by atoms with Gasteiger partial charge in [-0.1, -0.05) is 31.9 Å². The Labute approximate surface area is 176 Å². The van der Waals surface area contributed by atoms with Crippen molar-refractivity contribution in [3.8, 4) is 0 Å². The normalized spacial score (nSPS) is 11.3. The van der Waals surface area contributed by atoms with Gasteiger partial charge in [-0.3, -0.25) is 0 Å². The molecule has 0 aliphatic carbocycles. The Morgan fingerprint density at radius 1 is 0.793 bits per heavy atom. The standard InChI is InChI=1S/C9H6BrF3O2.C8H4BrF3O2/c1-15-8(14)5-2-6(9(11,12)13)4-7(10)3-5;9-6-2-4(7(13)14)1-5(3-6)8(10,11)12/h2-4H,1H3;1-3H,(H,13,14). The van der Waals surface area contributed by atoms with Gasteiger partial charge in [0.15, 0.2) is 0 Å². The van der Waals surface area contributed by atoms with E-state index < -0.39 is 41.0 Å². The molecule has 2 aromatic carbocycles. The van der Waals surface area contributed by atoms with E-state index in [2.05, 4.69) is 36.6 Å². The van der Waals surface area contributed by atoms with E-state index in [1.807, 2.05) is 0 Å². The molecule has 1 N–H and O–H groups in total. The molecule has 0 amide bonds. The number of carboxylic acid groups (broad SMARTS) is 1. The molecule has 0 bridgehead atoms. The van der Waals surface area contributed by atoms with Gasteiger partial charge in [-0.15, -0.1) is 0 Å². The molecule has 0 saturated carbocycles. The van der Waals surface area contributed by atoms with Gasteiger partial charge in [0, 0.05) is 8.95 Å². The van der Waals surface area contributed by atoms with Crippen molar-refractivity contribution in [2.75, 3.05) is 7.11 Å². The summed E-state index contributed by atoms with van der Waals surface area (Å²) < 4.78 is 78.2. The summed E-state index contributed by atoms with van der Waals surface area (Å²) in [4.78, 5) is 21.5. The van der Waals surface area contributed by atoms with Crippen LogP contribution >= 0.6 is 31.9 Å². The van der Waals surface area contributed by atoms with Crippen LogP contribution in [0.1, 0.15) is 31.8 Å². The average molecular weight is 552 g/mol. The van der Waals surface area contributed by atoms with Crippen LogP contribution in [0.5, 0.6) is 0 Å². The van der Waals surface area contributed by atoms with Crippen LogP contribution in [0.25, 0.3) is 0 Å². The van der Waals surface area contributed by atoms with Crippen LogP contribution in [0, 0.1) is 0 Å². The maximum Gasteiger partial charge on any atom is 0.416 e. The fraction of sp³-hybridized carbons (Fsp3) is 0.176. The lowest BCUT2D eigenvalue weighted by molar-refractivity contribution is -0.138. The first-order chi connectivity index (χ1) is 13.1. The lowest BCUT2D eigenvalue weighted by atomic mass is 10.1. The number of carboxylic acids is 1. The lowest BCUT2D eigenvalue weighted by Crippen LogP contribution is -2.08. The van der Waals surface area contributed by atoms with Crippen LogP contribution in [-0.4, -0.2) is 24.2 Å². The number of ether oxygens (including phenoxy) is 1. The predicted molar refractivity (Wildman–Crippen MR) is 96.6 cm³/mol. The number of alkyl halides is 6. The predicted octanol–water partition coefficient (Wildman–Crippen LogP) is 6.42. The number of esters is 1. The van der Waals surface area contributed by atoms with Crippen molar-refractivity contribution < 1.29 is 45.8 Å². The number of hydrogen-bond acceptors (Lipinski definition) is 3. The van der Waals surface area contributed by atoms with Gasteiger partial charge >= 0.3 is 24.3 Å². The third-order valence-corrected chi connectivity index (χ3v) is 4.03. The molecule has 0 fully saturated rings. The van der Waals surface area contributed by atoms with E-state index in [9.17, 15) is 35.9 Å². The summed E-state index contributed by atoms with van der Waals surface area (Å²) in [5, 5.41) is 8.51. The zero-order chi connectivity index (χ0) is 22.6. The quantitative estimate of drug-likeness (QED) is 0.345. The summed E-state index contributed by atoms with van der Waals surface area (Å²) in [6, 6.07) is 5.43. The maximum absolute atomic E-state index is 12.3. The van der Waals surface area contributed by atoms with Gasteiger partial charge < -0.3 is 9.84 Å². The first kappa shape index (κ1) is 25.0. The minimum Gasteiger partial charge on any atom is -0.478 e. The summed E-state index contributed by atoms with van der Waals surface area (Å²) in [7, 11) is 1.11. The van der Waals surface area contributed by atoms with Gasteiger partial charge in [0.05, 0.1) is 29.4 Å². The first-order valence-corrected chi connectivity index (χ1v) is 8.81. The molecule has 0 aliphatic rings. The highest BCUT2D eigenvalue weighted by Crippen LogP contribution is 2.33. The highest BCUT2D eigenvalue weighted by Gasteiger charge is 2.32. The number of carbonyl (C=O) groups is 2. The fourth-order valence-corrected chi connectivity index (χ4v) is 2.85. The van der Waals surface area contributed by atoms with Crippen molar-refractivity contribution in [2.24, 2.45) is 0 Å². The van der Waals surface area contributed by atoms with E-state index in [4.69, 9.17) is 5.11 Å². The number of aromatic carboxylic acids is 1. The van der Waals surface area contributed by atoms with Gasteiger partial charge in [0.2, 0.25) is 0 Å². The summed E-state index contributed by atoms with van der Waals surface area (Å²) >= 11 is 5.71. The number of benzene rings is 2. The van der Waals surface area contributed by atoms with Crippen molar-refractivity contribution >= 4 is 43.8 Å². The minimum absolute atomic E-state index is 0.0877. The Morgan fingerprint density at radius 3 is 1.52 bits per heavy atom. The van der Waals surface area contributed by atoms with Crippen LogP contribution in [-0.2, 0) is 17.1 Å². The molecule has 0 aliphatic heterocycles. The highest BCUT2D eigenvalue weighted by atomic mass is 79.9. The molecule has 0 spiro atoms. The third kappa shape index (κ3) is 7.69. The van der Waals surface area contributed by atoms with E-state index in [-0.39, 0.29) is 14.5 Å². The average Bonchev–Trinajstić information content (AvgIpc) is 2.59. The molecular weight excluding hydrogens is 542 g/mol. The molecule has 0 aromatic heterocycles. The molecule has 2 aromatic rings. The topological polar surface area (TPSA) is 63.6 Å². The third-order valence-electron chi connectivity index (χ3n) is 3.12. The number of carbonyl (C=O) groups excluding carboxylic acids is 1. The monoisotopic (exact) mass is 550 g/mol. The molecule has 0 unspecified atom stereocenters. The molecule has 2 rings (SSSR count). The summed E-state index contributed by atoms with van der Waals surface area (Å²) in [5.74, 6) is -2.20. The molecular formula is C17H10Br2F6O4. The first-order valence-electron chi connectivity index (χ1n) is 7.22. The number of methoxy groups -OCH3 is 1. The second-order valence-corrected chi connectivity index (χ2v) is 7.08. The molecule has 158 valence electrons. The van der Waals surface area contributed by atoms with Gasteiger partial charge in [0.1, 0.15) is 0 Å². The SMILES string of the molecule is COC(=O)c1cc(Br)cc(C(F)(F)F)c1.O=C(O)c1cc(Br)cc(C(F)(F)F)c1. The molecule has 29 heavy (non-hydrogen) atoms. The second kappa shape index (κ2) is 9.61. The van der Waals surface area contributed by atoms with E-state index in [1.165, 1.54) is 6.07 Å². The Hall–Kier alpha value is -2.08. The zero-order valence-corrected chi connectivity index (χ0v) is 17.3. The van der Waals surface area contributed by atoms with Crippen LogP contribution < -0.4 is 0 Å². The summed E-state index contributed by atoms with van der Waals surface area (Å²) in [6.07, 6.45) is -9.01. The fourth-order valence-electron chi connectivity index (χ4n) is 1.87. The van der Waals surface area contributed by atoms with Crippen molar-refractivity contribution in [1.29, 1.82) is 0 Å². The summed E-state index contributed by atoms with van der Waals surface area (Å²) in [6.45, 7) is 0. The summed E-state index contributed by atoms with van der Waals surface area (Å²) in [5.41, 5.74) is -2.41. The Balaban J connectivity index is 0.000000291. The van der Waals surface area contributed by atoms with Crippen LogP contribution in [0.2, 0.25) is 0 Å². The van der Waals surface area contributed by atoms with Gasteiger partial charge in [-0.25, -0.2) is 9.59 Å². The van der Waals surface area contributed by atoms with E-state index in [0.29, 0.717) is 6.07 Å². The van der Waals surface area contributed by atoms with Gasteiger partial charge in [0.25, 0.3) is 0 Å². The second-order valence-electron chi connectivity index (χ2n) is 5.25. The molecule has 0 saturated heterocycles.